The second kappa shape index (κ2) is 4.78. The van der Waals surface area contributed by atoms with E-state index in [4.69, 9.17) is 0 Å². The molecule has 1 aliphatic heterocycles. The molecular formula is C15H14FNOS. The fraction of sp³-hybridized carbons (Fsp3) is 0.267. The Morgan fingerprint density at radius 2 is 2.16 bits per heavy atom. The molecule has 0 unspecified atom stereocenters. The highest BCUT2D eigenvalue weighted by atomic mass is 32.1. The van der Waals surface area contributed by atoms with Gasteiger partial charge in [-0.3, -0.25) is 4.79 Å². The zero-order valence-corrected chi connectivity index (χ0v) is 11.5. The van der Waals surface area contributed by atoms with Crippen LogP contribution in [-0.4, -0.2) is 12.5 Å². The molecule has 0 fully saturated rings. The number of nitrogens with zero attached hydrogens (tertiary/aromatic N) is 1. The molecule has 0 spiro atoms. The number of fused-ring (bicyclic) bond motifs is 1. The van der Waals surface area contributed by atoms with Gasteiger partial charge in [-0.15, -0.1) is 11.3 Å². The highest BCUT2D eigenvalue weighted by Crippen LogP contribution is 2.32. The second-order valence-corrected chi connectivity index (χ2v) is 6.01. The first-order valence-electron chi connectivity index (χ1n) is 6.32. The van der Waals surface area contributed by atoms with Crippen LogP contribution in [0.5, 0.6) is 0 Å². The normalized spacial score (nSPS) is 14.3. The Labute approximate surface area is 115 Å². The zero-order chi connectivity index (χ0) is 13.4. The number of halogens is 1. The van der Waals surface area contributed by atoms with Gasteiger partial charge in [0.15, 0.2) is 0 Å². The molecule has 1 amide bonds. The van der Waals surface area contributed by atoms with Crippen molar-refractivity contribution in [3.63, 3.8) is 0 Å². The van der Waals surface area contributed by atoms with Crippen molar-refractivity contribution in [1.29, 1.82) is 0 Å². The SMILES string of the molecule is Cc1ccc(C(=O)N2CCCc3cccc(F)c32)s1. The summed E-state index contributed by atoms with van der Waals surface area (Å²) in [4.78, 5) is 15.8. The quantitative estimate of drug-likeness (QED) is 0.775. The van der Waals surface area contributed by atoms with Crippen LogP contribution >= 0.6 is 11.3 Å². The lowest BCUT2D eigenvalue weighted by Gasteiger charge is -2.29. The minimum Gasteiger partial charge on any atom is -0.305 e. The first-order chi connectivity index (χ1) is 9.16. The Balaban J connectivity index is 2.02. The van der Waals surface area contributed by atoms with Crippen LogP contribution in [0.1, 0.15) is 26.5 Å². The Morgan fingerprint density at radius 1 is 1.32 bits per heavy atom. The minimum atomic E-state index is -0.307. The van der Waals surface area contributed by atoms with E-state index in [1.807, 2.05) is 25.1 Å². The molecule has 4 heteroatoms. The lowest BCUT2D eigenvalue weighted by Crippen LogP contribution is -2.35. The fourth-order valence-corrected chi connectivity index (χ4v) is 3.31. The van der Waals surface area contributed by atoms with Crippen LogP contribution in [-0.2, 0) is 6.42 Å². The highest BCUT2D eigenvalue weighted by molar-refractivity contribution is 7.14. The lowest BCUT2D eigenvalue weighted by atomic mass is 10.0. The van der Waals surface area contributed by atoms with Crippen LogP contribution in [0.25, 0.3) is 0 Å². The summed E-state index contributed by atoms with van der Waals surface area (Å²) >= 11 is 1.46. The van der Waals surface area contributed by atoms with Gasteiger partial charge in [0, 0.05) is 11.4 Å². The van der Waals surface area contributed by atoms with Gasteiger partial charge in [-0.2, -0.15) is 0 Å². The molecule has 2 nitrogen and oxygen atoms in total. The average molecular weight is 275 g/mol. The van der Waals surface area contributed by atoms with E-state index in [-0.39, 0.29) is 11.7 Å². The average Bonchev–Trinajstić information content (AvgIpc) is 2.84. The number of aryl methyl sites for hydroxylation is 2. The molecule has 0 N–H and O–H groups in total. The van der Waals surface area contributed by atoms with Gasteiger partial charge in [-0.1, -0.05) is 12.1 Å². The molecule has 1 aromatic heterocycles. The van der Waals surface area contributed by atoms with Crippen molar-refractivity contribution >= 4 is 22.9 Å². The van der Waals surface area contributed by atoms with Gasteiger partial charge < -0.3 is 4.90 Å². The third kappa shape index (κ3) is 2.16. The molecule has 0 atom stereocenters. The van der Waals surface area contributed by atoms with Gasteiger partial charge in [0.1, 0.15) is 5.82 Å². The summed E-state index contributed by atoms with van der Waals surface area (Å²) in [5, 5.41) is 0. The molecule has 1 aromatic carbocycles. The molecule has 0 radical (unpaired) electrons. The lowest BCUT2D eigenvalue weighted by molar-refractivity contribution is 0.0988. The Kier molecular flexibility index (Phi) is 3.11. The second-order valence-electron chi connectivity index (χ2n) is 4.72. The summed E-state index contributed by atoms with van der Waals surface area (Å²) in [6.07, 6.45) is 1.72. The number of para-hydroxylation sites is 1. The molecule has 0 aliphatic carbocycles. The van der Waals surface area contributed by atoms with Gasteiger partial charge in [0.05, 0.1) is 10.6 Å². The number of carbonyl (C=O) groups excluding carboxylic acids is 1. The third-order valence-electron chi connectivity index (χ3n) is 3.36. The molecule has 2 aromatic rings. The Bertz CT molecular complexity index is 635. The predicted molar refractivity (Wildman–Crippen MR) is 75.5 cm³/mol. The smallest absolute Gasteiger partial charge is 0.268 e. The van der Waals surface area contributed by atoms with E-state index in [2.05, 4.69) is 0 Å². The van der Waals surface area contributed by atoms with Crippen molar-refractivity contribution in [2.45, 2.75) is 19.8 Å². The van der Waals surface area contributed by atoms with Gasteiger partial charge in [-0.05, 0) is 43.5 Å². The number of benzene rings is 1. The molecule has 0 bridgehead atoms. The van der Waals surface area contributed by atoms with E-state index in [0.717, 1.165) is 23.3 Å². The van der Waals surface area contributed by atoms with E-state index in [0.29, 0.717) is 17.1 Å². The fourth-order valence-electron chi connectivity index (χ4n) is 2.49. The van der Waals surface area contributed by atoms with E-state index in [1.165, 1.54) is 17.4 Å². The number of hydrogen-bond donors (Lipinski definition) is 0. The maximum atomic E-state index is 14.0. The standard InChI is InChI=1S/C15H14FNOS/c1-10-7-8-13(19-10)15(18)17-9-3-5-11-4-2-6-12(16)14(11)17/h2,4,6-8H,3,5,9H2,1H3. The molecule has 0 saturated heterocycles. The van der Waals surface area contributed by atoms with Crippen molar-refractivity contribution in [1.82, 2.24) is 0 Å². The Morgan fingerprint density at radius 3 is 2.89 bits per heavy atom. The number of hydrogen-bond acceptors (Lipinski definition) is 2. The maximum Gasteiger partial charge on any atom is 0.268 e. The van der Waals surface area contributed by atoms with Crippen LogP contribution in [0.3, 0.4) is 0 Å². The predicted octanol–water partition coefficient (Wildman–Crippen LogP) is 3.79. The molecular weight excluding hydrogens is 261 g/mol. The van der Waals surface area contributed by atoms with Crippen molar-refractivity contribution in [3.05, 3.63) is 51.5 Å². The Hall–Kier alpha value is -1.68. The number of rotatable bonds is 1. The number of thiophene rings is 1. The molecule has 0 saturated carbocycles. The van der Waals surface area contributed by atoms with E-state index in [1.54, 1.807) is 11.0 Å². The highest BCUT2D eigenvalue weighted by Gasteiger charge is 2.26. The van der Waals surface area contributed by atoms with Crippen LogP contribution in [0.4, 0.5) is 10.1 Å². The van der Waals surface area contributed by atoms with Crippen molar-refractivity contribution in [3.8, 4) is 0 Å². The van der Waals surface area contributed by atoms with Crippen molar-refractivity contribution in [2.75, 3.05) is 11.4 Å². The molecule has 2 heterocycles. The minimum absolute atomic E-state index is 0.0934. The van der Waals surface area contributed by atoms with Crippen LogP contribution in [0.2, 0.25) is 0 Å². The van der Waals surface area contributed by atoms with Gasteiger partial charge in [0.2, 0.25) is 0 Å². The number of amides is 1. The summed E-state index contributed by atoms with van der Waals surface area (Å²) in [6.45, 7) is 2.55. The van der Waals surface area contributed by atoms with E-state index in [9.17, 15) is 9.18 Å². The zero-order valence-electron chi connectivity index (χ0n) is 10.6. The third-order valence-corrected chi connectivity index (χ3v) is 4.35. The van der Waals surface area contributed by atoms with Gasteiger partial charge >= 0.3 is 0 Å². The van der Waals surface area contributed by atoms with Gasteiger partial charge in [-0.25, -0.2) is 4.39 Å². The van der Waals surface area contributed by atoms with Crippen LogP contribution < -0.4 is 4.90 Å². The largest absolute Gasteiger partial charge is 0.305 e. The summed E-state index contributed by atoms with van der Waals surface area (Å²) in [6, 6.07) is 8.76. The topological polar surface area (TPSA) is 20.3 Å². The van der Waals surface area contributed by atoms with Crippen molar-refractivity contribution < 1.29 is 9.18 Å². The van der Waals surface area contributed by atoms with E-state index < -0.39 is 0 Å². The first kappa shape index (κ1) is 12.4. The monoisotopic (exact) mass is 275 g/mol. The first-order valence-corrected chi connectivity index (χ1v) is 7.14. The van der Waals surface area contributed by atoms with Gasteiger partial charge in [0.25, 0.3) is 5.91 Å². The number of anilines is 1. The number of carbonyl (C=O) groups is 1. The summed E-state index contributed by atoms with van der Waals surface area (Å²) in [5.41, 5.74) is 1.39. The maximum absolute atomic E-state index is 14.0. The van der Waals surface area contributed by atoms with E-state index >= 15 is 0 Å². The summed E-state index contributed by atoms with van der Waals surface area (Å²) < 4.78 is 14.0. The molecule has 1 aliphatic rings. The summed E-state index contributed by atoms with van der Waals surface area (Å²) in [5.74, 6) is -0.400. The molecule has 98 valence electrons. The van der Waals surface area contributed by atoms with Crippen LogP contribution in [0.15, 0.2) is 30.3 Å². The molecule has 19 heavy (non-hydrogen) atoms. The summed E-state index contributed by atoms with van der Waals surface area (Å²) in [7, 11) is 0. The van der Waals surface area contributed by atoms with Crippen LogP contribution in [0, 0.1) is 12.7 Å². The van der Waals surface area contributed by atoms with Crippen molar-refractivity contribution in [2.24, 2.45) is 0 Å². The molecule has 3 rings (SSSR count).